The second-order valence-corrected chi connectivity index (χ2v) is 9.64. The molecule has 190 valence electrons. The number of carbonyl (C=O) groups excluding carboxylic acids is 1. The zero-order chi connectivity index (χ0) is 25.4. The molecule has 0 spiro atoms. The lowest BCUT2D eigenvalue weighted by atomic mass is 9.65. The molecule has 2 aliphatic rings. The molecular weight excluding hydrogens is 483 g/mol. The molecular formula is C25H29ClF3N3O3. The SMILES string of the molecule is COc1ccc([C@@]23CC[C@H](NC(=O)Nc4ccc(C(F)(F)F)cc4Cl)C[C@H]2N(C)CC3)cc1OC. The van der Waals surface area contributed by atoms with E-state index in [1.165, 1.54) is 11.6 Å². The van der Waals surface area contributed by atoms with Crippen LogP contribution in [0.3, 0.4) is 0 Å². The highest BCUT2D eigenvalue weighted by Crippen LogP contribution is 2.50. The highest BCUT2D eigenvalue weighted by Gasteiger charge is 2.50. The third kappa shape index (κ3) is 5.02. The van der Waals surface area contributed by atoms with Crippen molar-refractivity contribution in [1.82, 2.24) is 10.2 Å². The number of anilines is 1. The van der Waals surface area contributed by atoms with Crippen LogP contribution in [0.25, 0.3) is 0 Å². The Morgan fingerprint density at radius 1 is 1.11 bits per heavy atom. The van der Waals surface area contributed by atoms with Crippen LogP contribution in [0.5, 0.6) is 11.5 Å². The maximum Gasteiger partial charge on any atom is 0.416 e. The van der Waals surface area contributed by atoms with E-state index in [0.29, 0.717) is 11.5 Å². The molecule has 1 heterocycles. The maximum absolute atomic E-state index is 12.9. The van der Waals surface area contributed by atoms with Gasteiger partial charge in [-0.25, -0.2) is 4.79 Å². The number of halogens is 4. The summed E-state index contributed by atoms with van der Waals surface area (Å²) in [6, 6.07) is 8.60. The van der Waals surface area contributed by atoms with E-state index in [0.717, 1.165) is 44.4 Å². The molecule has 4 rings (SSSR count). The monoisotopic (exact) mass is 511 g/mol. The number of amides is 2. The molecule has 35 heavy (non-hydrogen) atoms. The first-order valence-corrected chi connectivity index (χ1v) is 11.8. The van der Waals surface area contributed by atoms with Crippen LogP contribution in [0, 0.1) is 0 Å². The van der Waals surface area contributed by atoms with Gasteiger partial charge in [0.15, 0.2) is 11.5 Å². The minimum atomic E-state index is -4.50. The third-order valence-electron chi connectivity index (χ3n) is 7.37. The van der Waals surface area contributed by atoms with Crippen LogP contribution in [-0.2, 0) is 11.6 Å². The smallest absolute Gasteiger partial charge is 0.416 e. The first kappa shape index (κ1) is 25.4. The number of benzene rings is 2. The molecule has 0 aromatic heterocycles. The van der Waals surface area contributed by atoms with Crippen molar-refractivity contribution in [2.45, 2.75) is 49.4 Å². The lowest BCUT2D eigenvalue weighted by Crippen LogP contribution is -2.52. The van der Waals surface area contributed by atoms with E-state index in [2.05, 4.69) is 34.7 Å². The predicted octanol–water partition coefficient (Wildman–Crippen LogP) is 5.69. The molecule has 0 radical (unpaired) electrons. The largest absolute Gasteiger partial charge is 0.493 e. The van der Waals surface area contributed by atoms with Gasteiger partial charge in [-0.15, -0.1) is 0 Å². The number of hydrogen-bond donors (Lipinski definition) is 2. The topological polar surface area (TPSA) is 62.8 Å². The van der Waals surface area contributed by atoms with Gasteiger partial charge in [0, 0.05) is 17.5 Å². The fraction of sp³-hybridized carbons (Fsp3) is 0.480. The van der Waals surface area contributed by atoms with Gasteiger partial charge in [0.05, 0.1) is 30.5 Å². The number of nitrogens with one attached hydrogen (secondary N) is 2. The maximum atomic E-state index is 12.9. The average Bonchev–Trinajstić information content (AvgIpc) is 3.16. The van der Waals surface area contributed by atoms with Crippen LogP contribution in [0.4, 0.5) is 23.7 Å². The minimum Gasteiger partial charge on any atom is -0.493 e. The van der Waals surface area contributed by atoms with Crippen molar-refractivity contribution in [2.75, 3.05) is 33.1 Å². The van der Waals surface area contributed by atoms with Crippen LogP contribution < -0.4 is 20.1 Å². The number of urea groups is 1. The molecule has 2 amide bonds. The van der Waals surface area contributed by atoms with Gasteiger partial charge >= 0.3 is 12.2 Å². The Morgan fingerprint density at radius 2 is 1.86 bits per heavy atom. The van der Waals surface area contributed by atoms with Gasteiger partial charge in [0.1, 0.15) is 0 Å². The normalized spacial score (nSPS) is 24.5. The first-order valence-electron chi connectivity index (χ1n) is 11.4. The van der Waals surface area contributed by atoms with E-state index in [9.17, 15) is 18.0 Å². The molecule has 3 atom stereocenters. The molecule has 1 saturated heterocycles. The zero-order valence-electron chi connectivity index (χ0n) is 19.8. The summed E-state index contributed by atoms with van der Waals surface area (Å²) in [7, 11) is 5.33. The molecule has 1 aliphatic heterocycles. The molecule has 2 aromatic carbocycles. The van der Waals surface area contributed by atoms with E-state index in [4.69, 9.17) is 21.1 Å². The van der Waals surface area contributed by atoms with E-state index in [-0.39, 0.29) is 28.2 Å². The number of alkyl halides is 3. The summed E-state index contributed by atoms with van der Waals surface area (Å²) in [5.41, 5.74) is 0.408. The van der Waals surface area contributed by atoms with Crippen LogP contribution >= 0.6 is 11.6 Å². The average molecular weight is 512 g/mol. The van der Waals surface area contributed by atoms with Crippen LogP contribution in [0.2, 0.25) is 5.02 Å². The van der Waals surface area contributed by atoms with Crippen molar-refractivity contribution in [3.8, 4) is 11.5 Å². The molecule has 0 unspecified atom stereocenters. The van der Waals surface area contributed by atoms with Crippen molar-refractivity contribution in [3.63, 3.8) is 0 Å². The van der Waals surface area contributed by atoms with E-state index >= 15 is 0 Å². The number of hydrogen-bond acceptors (Lipinski definition) is 4. The number of carbonyl (C=O) groups is 1. The summed E-state index contributed by atoms with van der Waals surface area (Å²) in [5, 5.41) is 5.40. The standard InChI is InChI=1S/C25H29ClF3N3O3/c1-32-11-10-24(15-5-7-20(34-2)21(13-15)35-3)9-8-17(14-22(24)32)30-23(33)31-19-6-4-16(12-18(19)26)25(27,28)29/h4-7,12-13,17,22H,8-11,14H2,1-3H3,(H2,30,31,33)/t17-,22+,24-/m0/s1. The van der Waals surface area contributed by atoms with Gasteiger partial charge in [0.2, 0.25) is 0 Å². The van der Waals surface area contributed by atoms with Crippen LogP contribution in [0.1, 0.15) is 36.8 Å². The number of methoxy groups -OCH3 is 2. The molecule has 2 aromatic rings. The van der Waals surface area contributed by atoms with Gasteiger partial charge < -0.3 is 25.0 Å². The molecule has 0 bridgehead atoms. The molecule has 10 heteroatoms. The fourth-order valence-corrected chi connectivity index (χ4v) is 5.76. The Hall–Kier alpha value is -2.65. The number of likely N-dealkylation sites (tertiary alicyclic amines) is 1. The summed E-state index contributed by atoms with van der Waals surface area (Å²) in [4.78, 5) is 15.0. The summed E-state index contributed by atoms with van der Waals surface area (Å²) < 4.78 is 49.5. The van der Waals surface area contributed by atoms with Crippen molar-refractivity contribution < 1.29 is 27.4 Å². The summed E-state index contributed by atoms with van der Waals surface area (Å²) in [6.07, 6.45) is -1.10. The number of rotatable bonds is 5. The van der Waals surface area contributed by atoms with Crippen molar-refractivity contribution >= 4 is 23.3 Å². The number of nitrogens with zero attached hydrogens (tertiary/aromatic N) is 1. The van der Waals surface area contributed by atoms with Crippen molar-refractivity contribution in [1.29, 1.82) is 0 Å². The van der Waals surface area contributed by atoms with Crippen LogP contribution in [-0.4, -0.2) is 50.8 Å². The molecule has 1 aliphatic carbocycles. The molecule has 6 nitrogen and oxygen atoms in total. The summed E-state index contributed by atoms with van der Waals surface area (Å²) >= 11 is 5.98. The van der Waals surface area contributed by atoms with E-state index in [1.54, 1.807) is 14.2 Å². The van der Waals surface area contributed by atoms with Crippen molar-refractivity contribution in [3.05, 3.63) is 52.5 Å². The summed E-state index contributed by atoms with van der Waals surface area (Å²) in [6.45, 7) is 0.944. The minimum absolute atomic E-state index is 0.0559. The fourth-order valence-electron chi connectivity index (χ4n) is 5.53. The predicted molar refractivity (Wildman–Crippen MR) is 129 cm³/mol. The van der Waals surface area contributed by atoms with E-state index in [1.807, 2.05) is 6.07 Å². The number of ether oxygens (including phenoxy) is 2. The van der Waals surface area contributed by atoms with Gasteiger partial charge in [-0.3, -0.25) is 0 Å². The first-order chi connectivity index (χ1) is 16.6. The zero-order valence-corrected chi connectivity index (χ0v) is 20.6. The Kier molecular flexibility index (Phi) is 7.11. The van der Waals surface area contributed by atoms with E-state index < -0.39 is 17.8 Å². The molecule has 2 fully saturated rings. The number of likely N-dealkylation sites (N-methyl/N-ethyl adjacent to an activating group) is 1. The lowest BCUT2D eigenvalue weighted by molar-refractivity contribution is -0.137. The Bertz CT molecular complexity index is 1100. The highest BCUT2D eigenvalue weighted by atomic mass is 35.5. The molecule has 1 saturated carbocycles. The highest BCUT2D eigenvalue weighted by molar-refractivity contribution is 6.33. The van der Waals surface area contributed by atoms with Crippen molar-refractivity contribution in [2.24, 2.45) is 0 Å². The van der Waals surface area contributed by atoms with Gasteiger partial charge in [-0.1, -0.05) is 17.7 Å². The van der Waals surface area contributed by atoms with Gasteiger partial charge in [-0.05, 0) is 75.2 Å². The van der Waals surface area contributed by atoms with Crippen LogP contribution in [0.15, 0.2) is 36.4 Å². The molecule has 2 N–H and O–H groups in total. The van der Waals surface area contributed by atoms with Gasteiger partial charge in [0.25, 0.3) is 0 Å². The Labute approximate surface area is 207 Å². The Balaban J connectivity index is 1.45. The second-order valence-electron chi connectivity index (χ2n) is 9.23. The number of fused-ring (bicyclic) bond motifs is 1. The quantitative estimate of drug-likeness (QED) is 0.541. The van der Waals surface area contributed by atoms with Gasteiger partial charge in [-0.2, -0.15) is 13.2 Å². The lowest BCUT2D eigenvalue weighted by Gasteiger charge is -2.45. The second kappa shape index (κ2) is 9.78. The Morgan fingerprint density at radius 3 is 2.51 bits per heavy atom. The summed E-state index contributed by atoms with van der Waals surface area (Å²) in [5.74, 6) is 1.38. The third-order valence-corrected chi connectivity index (χ3v) is 7.68.